The van der Waals surface area contributed by atoms with E-state index >= 15 is 0 Å². The molecule has 1 aliphatic heterocycles. The monoisotopic (exact) mass is 294 g/mol. The third-order valence-electron chi connectivity index (χ3n) is 5.51. The summed E-state index contributed by atoms with van der Waals surface area (Å²) in [5, 5.41) is 6.82. The first kappa shape index (κ1) is 16.8. The molecule has 2 aliphatic rings. The van der Waals surface area contributed by atoms with Gasteiger partial charge in [0.25, 0.3) is 0 Å². The first-order valence-electron chi connectivity index (χ1n) is 9.24. The SMILES string of the molecule is CCCCC1CCC(C(=O)NC(C)C2CCCCN2)CC1. The van der Waals surface area contributed by atoms with Crippen molar-refractivity contribution in [3.8, 4) is 0 Å². The van der Waals surface area contributed by atoms with E-state index in [0.717, 1.165) is 25.3 Å². The molecule has 0 spiro atoms. The number of unbranched alkanes of at least 4 members (excludes halogenated alkanes) is 1. The predicted octanol–water partition coefficient (Wildman–Crippen LogP) is 3.63. The number of nitrogens with one attached hydrogen (secondary N) is 2. The molecule has 2 N–H and O–H groups in total. The Morgan fingerprint density at radius 1 is 1.19 bits per heavy atom. The maximum Gasteiger partial charge on any atom is 0.223 e. The Bertz CT molecular complexity index is 304. The van der Waals surface area contributed by atoms with Gasteiger partial charge in [0.15, 0.2) is 0 Å². The third-order valence-corrected chi connectivity index (χ3v) is 5.51. The number of piperidine rings is 1. The van der Waals surface area contributed by atoms with Crippen LogP contribution in [0, 0.1) is 11.8 Å². The summed E-state index contributed by atoms with van der Waals surface area (Å²) in [6, 6.07) is 0.749. The van der Waals surface area contributed by atoms with Gasteiger partial charge in [-0.25, -0.2) is 0 Å². The van der Waals surface area contributed by atoms with E-state index in [1.54, 1.807) is 0 Å². The maximum absolute atomic E-state index is 12.4. The van der Waals surface area contributed by atoms with Crippen molar-refractivity contribution in [3.63, 3.8) is 0 Å². The van der Waals surface area contributed by atoms with Crippen LogP contribution in [0.5, 0.6) is 0 Å². The van der Waals surface area contributed by atoms with Crippen molar-refractivity contribution in [1.29, 1.82) is 0 Å². The zero-order valence-corrected chi connectivity index (χ0v) is 14.0. The molecule has 1 heterocycles. The van der Waals surface area contributed by atoms with Crippen molar-refractivity contribution in [3.05, 3.63) is 0 Å². The summed E-state index contributed by atoms with van der Waals surface area (Å²) in [7, 11) is 0. The van der Waals surface area contributed by atoms with E-state index < -0.39 is 0 Å². The molecule has 122 valence electrons. The lowest BCUT2D eigenvalue weighted by Crippen LogP contribution is -2.51. The standard InChI is InChI=1S/C18H34N2O/c1-3-4-7-15-9-11-16(12-10-15)18(21)20-14(2)17-8-5-6-13-19-17/h14-17,19H,3-13H2,1-2H3,(H,20,21). The second-order valence-corrected chi connectivity index (χ2v) is 7.21. The Morgan fingerprint density at radius 2 is 1.95 bits per heavy atom. The predicted molar refractivity (Wildman–Crippen MR) is 88.2 cm³/mol. The van der Waals surface area contributed by atoms with Crippen LogP contribution in [0.4, 0.5) is 0 Å². The van der Waals surface area contributed by atoms with E-state index in [9.17, 15) is 4.79 Å². The molecule has 0 radical (unpaired) electrons. The largest absolute Gasteiger partial charge is 0.352 e. The summed E-state index contributed by atoms with van der Waals surface area (Å²) in [5.41, 5.74) is 0. The Labute approximate surface area is 130 Å². The molecule has 1 aliphatic carbocycles. The fourth-order valence-electron chi connectivity index (χ4n) is 3.95. The first-order chi connectivity index (χ1) is 10.2. The van der Waals surface area contributed by atoms with Gasteiger partial charge in [0, 0.05) is 18.0 Å². The van der Waals surface area contributed by atoms with Gasteiger partial charge in [-0.1, -0.05) is 32.6 Å². The summed E-state index contributed by atoms with van der Waals surface area (Å²) in [5.74, 6) is 1.46. The van der Waals surface area contributed by atoms with Crippen LogP contribution in [-0.2, 0) is 4.79 Å². The van der Waals surface area contributed by atoms with Gasteiger partial charge < -0.3 is 10.6 Å². The topological polar surface area (TPSA) is 41.1 Å². The minimum Gasteiger partial charge on any atom is -0.352 e. The van der Waals surface area contributed by atoms with Gasteiger partial charge in [0.05, 0.1) is 0 Å². The Balaban J connectivity index is 1.69. The number of carbonyl (C=O) groups is 1. The van der Waals surface area contributed by atoms with Crippen LogP contribution in [0.3, 0.4) is 0 Å². The van der Waals surface area contributed by atoms with Gasteiger partial charge in [0.1, 0.15) is 0 Å². The highest BCUT2D eigenvalue weighted by Crippen LogP contribution is 2.32. The molecule has 0 aromatic carbocycles. The van der Waals surface area contributed by atoms with Crippen LogP contribution in [-0.4, -0.2) is 24.5 Å². The summed E-state index contributed by atoms with van der Waals surface area (Å²) >= 11 is 0. The molecular weight excluding hydrogens is 260 g/mol. The molecule has 3 nitrogen and oxygen atoms in total. The number of rotatable bonds is 6. The second kappa shape index (κ2) is 8.77. The molecule has 0 aromatic heterocycles. The highest BCUT2D eigenvalue weighted by atomic mass is 16.1. The molecule has 1 amide bonds. The van der Waals surface area contributed by atoms with E-state index in [4.69, 9.17) is 0 Å². The van der Waals surface area contributed by atoms with Gasteiger partial charge in [-0.2, -0.15) is 0 Å². The quantitative estimate of drug-likeness (QED) is 0.785. The summed E-state index contributed by atoms with van der Waals surface area (Å²) in [4.78, 5) is 12.4. The summed E-state index contributed by atoms with van der Waals surface area (Å²) in [6.45, 7) is 5.53. The van der Waals surface area contributed by atoms with Crippen molar-refractivity contribution >= 4 is 5.91 Å². The zero-order valence-electron chi connectivity index (χ0n) is 14.0. The molecule has 21 heavy (non-hydrogen) atoms. The van der Waals surface area contributed by atoms with Gasteiger partial charge in [-0.3, -0.25) is 4.79 Å². The Morgan fingerprint density at radius 3 is 2.57 bits per heavy atom. The van der Waals surface area contributed by atoms with Gasteiger partial charge in [0.2, 0.25) is 5.91 Å². The molecule has 3 heteroatoms. The fraction of sp³-hybridized carbons (Fsp3) is 0.944. The molecule has 1 saturated heterocycles. The highest BCUT2D eigenvalue weighted by molar-refractivity contribution is 5.79. The molecular formula is C18H34N2O. The lowest BCUT2D eigenvalue weighted by molar-refractivity contribution is -0.127. The molecule has 0 aromatic rings. The fourth-order valence-corrected chi connectivity index (χ4v) is 3.95. The minimum absolute atomic E-state index is 0.272. The summed E-state index contributed by atoms with van der Waals surface area (Å²) in [6.07, 6.45) is 12.5. The molecule has 0 bridgehead atoms. The summed E-state index contributed by atoms with van der Waals surface area (Å²) < 4.78 is 0. The van der Waals surface area contributed by atoms with Gasteiger partial charge >= 0.3 is 0 Å². The molecule has 2 rings (SSSR count). The average Bonchev–Trinajstić information content (AvgIpc) is 2.54. The van der Waals surface area contributed by atoms with Crippen molar-refractivity contribution in [2.75, 3.05) is 6.54 Å². The third kappa shape index (κ3) is 5.28. The lowest BCUT2D eigenvalue weighted by Gasteiger charge is -2.32. The van der Waals surface area contributed by atoms with E-state index in [1.165, 1.54) is 51.4 Å². The number of carbonyl (C=O) groups excluding carboxylic acids is 1. The van der Waals surface area contributed by atoms with Crippen LogP contribution in [0.25, 0.3) is 0 Å². The van der Waals surface area contributed by atoms with E-state index in [-0.39, 0.29) is 12.0 Å². The highest BCUT2D eigenvalue weighted by Gasteiger charge is 2.28. The first-order valence-corrected chi connectivity index (χ1v) is 9.24. The van der Waals surface area contributed by atoms with Crippen molar-refractivity contribution < 1.29 is 4.79 Å². The van der Waals surface area contributed by atoms with Crippen molar-refractivity contribution in [1.82, 2.24) is 10.6 Å². The minimum atomic E-state index is 0.272. The number of hydrogen-bond donors (Lipinski definition) is 2. The normalized spacial score (nSPS) is 31.6. The molecule has 2 fully saturated rings. The lowest BCUT2D eigenvalue weighted by atomic mass is 9.79. The van der Waals surface area contributed by atoms with E-state index in [0.29, 0.717) is 11.9 Å². The van der Waals surface area contributed by atoms with E-state index in [2.05, 4.69) is 24.5 Å². The molecule has 2 atom stereocenters. The molecule has 1 saturated carbocycles. The Kier molecular flexibility index (Phi) is 7.01. The van der Waals surface area contributed by atoms with E-state index in [1.807, 2.05) is 0 Å². The van der Waals surface area contributed by atoms with Crippen LogP contribution in [0.1, 0.15) is 78.1 Å². The number of amides is 1. The Hall–Kier alpha value is -0.570. The second-order valence-electron chi connectivity index (χ2n) is 7.21. The average molecular weight is 294 g/mol. The smallest absolute Gasteiger partial charge is 0.223 e. The van der Waals surface area contributed by atoms with Crippen LogP contribution in [0.2, 0.25) is 0 Å². The van der Waals surface area contributed by atoms with Gasteiger partial charge in [-0.05, 0) is 57.9 Å². The maximum atomic E-state index is 12.4. The molecule has 2 unspecified atom stereocenters. The zero-order chi connectivity index (χ0) is 15.1. The van der Waals surface area contributed by atoms with Crippen LogP contribution < -0.4 is 10.6 Å². The number of hydrogen-bond acceptors (Lipinski definition) is 2. The van der Waals surface area contributed by atoms with Crippen LogP contribution >= 0.6 is 0 Å². The van der Waals surface area contributed by atoms with Crippen LogP contribution in [0.15, 0.2) is 0 Å². The van der Waals surface area contributed by atoms with Crippen molar-refractivity contribution in [2.45, 2.75) is 90.1 Å². The van der Waals surface area contributed by atoms with Gasteiger partial charge in [-0.15, -0.1) is 0 Å². The van der Waals surface area contributed by atoms with Crippen molar-refractivity contribution in [2.24, 2.45) is 11.8 Å².